The van der Waals surface area contributed by atoms with E-state index in [1.165, 1.54) is 24.3 Å². The van der Waals surface area contributed by atoms with Crippen LogP contribution in [-0.4, -0.2) is 9.85 Å². The van der Waals surface area contributed by atoms with Crippen LogP contribution < -0.4 is 4.90 Å². The van der Waals surface area contributed by atoms with E-state index in [2.05, 4.69) is 4.90 Å². The molecule has 1 saturated heterocycles. The Morgan fingerprint density at radius 1 is 0.655 bits per heavy atom. The van der Waals surface area contributed by atoms with Crippen LogP contribution in [0, 0.1) is 20.2 Å². The molecule has 2 unspecified atom stereocenters. The maximum atomic E-state index is 11.0. The van der Waals surface area contributed by atoms with Gasteiger partial charge in [0.15, 0.2) is 0 Å². The second kappa shape index (κ2) is 7.71. The summed E-state index contributed by atoms with van der Waals surface area (Å²) in [5, 5.41) is 22.0. The maximum Gasteiger partial charge on any atom is 0.269 e. The van der Waals surface area contributed by atoms with Gasteiger partial charge < -0.3 is 4.90 Å². The number of para-hydroxylation sites is 1. The van der Waals surface area contributed by atoms with Crippen molar-refractivity contribution in [3.63, 3.8) is 0 Å². The third-order valence-electron chi connectivity index (χ3n) is 5.42. The molecule has 1 aliphatic rings. The molecule has 4 rings (SSSR count). The van der Waals surface area contributed by atoms with E-state index >= 15 is 0 Å². The van der Waals surface area contributed by atoms with E-state index < -0.39 is 9.85 Å². The lowest BCUT2D eigenvalue weighted by atomic mass is 10.0. The fraction of sp³-hybridized carbons (Fsp3) is 0.182. The fourth-order valence-corrected chi connectivity index (χ4v) is 4.06. The predicted molar refractivity (Wildman–Crippen MR) is 110 cm³/mol. The zero-order valence-electron chi connectivity index (χ0n) is 15.5. The molecule has 7 heteroatoms. The fourth-order valence-electron chi connectivity index (χ4n) is 4.06. The molecule has 0 spiro atoms. The Bertz CT molecular complexity index is 955. The quantitative estimate of drug-likeness (QED) is 0.419. The van der Waals surface area contributed by atoms with Crippen LogP contribution in [0.3, 0.4) is 0 Å². The van der Waals surface area contributed by atoms with E-state index in [1.807, 2.05) is 54.6 Å². The van der Waals surface area contributed by atoms with Crippen molar-refractivity contribution in [1.29, 1.82) is 0 Å². The summed E-state index contributed by atoms with van der Waals surface area (Å²) >= 11 is 0. The number of non-ortho nitro benzene ring substituents is 2. The first kappa shape index (κ1) is 18.6. The Hall–Kier alpha value is -3.74. The minimum absolute atomic E-state index is 0.0680. The molecule has 29 heavy (non-hydrogen) atoms. The topological polar surface area (TPSA) is 89.5 Å². The van der Waals surface area contributed by atoms with Crippen LogP contribution in [0.5, 0.6) is 0 Å². The second-order valence-electron chi connectivity index (χ2n) is 7.05. The molecule has 0 radical (unpaired) electrons. The summed E-state index contributed by atoms with van der Waals surface area (Å²) < 4.78 is 0. The average Bonchev–Trinajstić information content (AvgIpc) is 3.19. The standard InChI is InChI=1S/C22H19N3O4/c26-24(27)19-10-6-16(7-11-19)21-14-15-22(23(21)18-4-2-1-3-5-18)17-8-12-20(13-9-17)25(28)29/h1-13,21-22H,14-15H2. The zero-order chi connectivity index (χ0) is 20.4. The Labute approximate surface area is 167 Å². The van der Waals surface area contributed by atoms with Gasteiger partial charge in [-0.25, -0.2) is 0 Å². The van der Waals surface area contributed by atoms with Crippen molar-refractivity contribution in [1.82, 2.24) is 0 Å². The van der Waals surface area contributed by atoms with Gasteiger partial charge in [0.05, 0.1) is 21.9 Å². The number of nitrogens with zero attached hydrogens (tertiary/aromatic N) is 3. The Kier molecular flexibility index (Phi) is 4.95. The van der Waals surface area contributed by atoms with Gasteiger partial charge in [0.25, 0.3) is 11.4 Å². The number of hydrogen-bond acceptors (Lipinski definition) is 5. The molecule has 146 valence electrons. The van der Waals surface area contributed by atoms with Gasteiger partial charge in [0.2, 0.25) is 0 Å². The first-order valence-corrected chi connectivity index (χ1v) is 9.36. The SMILES string of the molecule is O=[N+]([O-])c1ccc(C2CCC(c3ccc([N+](=O)[O-])cc3)N2c2ccccc2)cc1. The van der Waals surface area contributed by atoms with Gasteiger partial charge in [-0.1, -0.05) is 42.5 Å². The first-order valence-electron chi connectivity index (χ1n) is 9.36. The Morgan fingerprint density at radius 2 is 1.07 bits per heavy atom. The monoisotopic (exact) mass is 389 g/mol. The van der Waals surface area contributed by atoms with E-state index in [-0.39, 0.29) is 23.5 Å². The van der Waals surface area contributed by atoms with Gasteiger partial charge in [-0.15, -0.1) is 0 Å². The highest BCUT2D eigenvalue weighted by Crippen LogP contribution is 2.47. The lowest BCUT2D eigenvalue weighted by Gasteiger charge is -2.33. The zero-order valence-corrected chi connectivity index (χ0v) is 15.5. The van der Waals surface area contributed by atoms with Crippen molar-refractivity contribution in [3.05, 3.63) is 110 Å². The van der Waals surface area contributed by atoms with Gasteiger partial charge in [-0.05, 0) is 36.1 Å². The van der Waals surface area contributed by atoms with Crippen molar-refractivity contribution in [2.45, 2.75) is 24.9 Å². The Balaban J connectivity index is 1.71. The number of benzene rings is 3. The summed E-state index contributed by atoms with van der Waals surface area (Å²) in [5.74, 6) is 0. The first-order chi connectivity index (χ1) is 14.0. The lowest BCUT2D eigenvalue weighted by molar-refractivity contribution is -0.385. The molecule has 0 N–H and O–H groups in total. The van der Waals surface area contributed by atoms with Gasteiger partial charge in [0.1, 0.15) is 0 Å². The smallest absolute Gasteiger partial charge is 0.269 e. The molecule has 3 aromatic carbocycles. The van der Waals surface area contributed by atoms with Crippen LogP contribution in [0.15, 0.2) is 78.9 Å². The molecule has 2 atom stereocenters. The highest BCUT2D eigenvalue weighted by molar-refractivity contribution is 5.54. The van der Waals surface area contributed by atoms with Crippen LogP contribution in [0.2, 0.25) is 0 Å². The minimum Gasteiger partial charge on any atom is -0.357 e. The minimum atomic E-state index is -0.396. The predicted octanol–water partition coefficient (Wildman–Crippen LogP) is 5.59. The van der Waals surface area contributed by atoms with Crippen molar-refractivity contribution >= 4 is 17.1 Å². The summed E-state index contributed by atoms with van der Waals surface area (Å²) in [5.41, 5.74) is 3.24. The lowest BCUT2D eigenvalue weighted by Crippen LogP contribution is -2.26. The van der Waals surface area contributed by atoms with Crippen LogP contribution in [0.25, 0.3) is 0 Å². The van der Waals surface area contributed by atoms with Crippen molar-refractivity contribution in [2.75, 3.05) is 4.90 Å². The highest BCUT2D eigenvalue weighted by Gasteiger charge is 2.35. The summed E-state index contributed by atoms with van der Waals surface area (Å²) in [7, 11) is 0. The van der Waals surface area contributed by atoms with E-state index in [0.717, 1.165) is 29.7 Å². The largest absolute Gasteiger partial charge is 0.357 e. The van der Waals surface area contributed by atoms with Gasteiger partial charge in [-0.3, -0.25) is 20.2 Å². The molecule has 7 nitrogen and oxygen atoms in total. The Morgan fingerprint density at radius 3 is 1.45 bits per heavy atom. The summed E-state index contributed by atoms with van der Waals surface area (Å²) in [6.45, 7) is 0. The van der Waals surface area contributed by atoms with E-state index in [9.17, 15) is 20.2 Å². The molecular formula is C22H19N3O4. The van der Waals surface area contributed by atoms with E-state index in [4.69, 9.17) is 0 Å². The number of anilines is 1. The van der Waals surface area contributed by atoms with Gasteiger partial charge >= 0.3 is 0 Å². The van der Waals surface area contributed by atoms with Crippen molar-refractivity contribution in [2.24, 2.45) is 0 Å². The number of nitro groups is 2. The van der Waals surface area contributed by atoms with Crippen LogP contribution >= 0.6 is 0 Å². The molecule has 0 saturated carbocycles. The maximum absolute atomic E-state index is 11.0. The molecule has 0 amide bonds. The van der Waals surface area contributed by atoms with Gasteiger partial charge in [-0.2, -0.15) is 0 Å². The van der Waals surface area contributed by atoms with Crippen molar-refractivity contribution in [3.8, 4) is 0 Å². The normalized spacial score (nSPS) is 18.6. The highest BCUT2D eigenvalue weighted by atomic mass is 16.6. The second-order valence-corrected chi connectivity index (χ2v) is 7.05. The molecule has 1 fully saturated rings. The molecule has 0 aromatic heterocycles. The molecule has 0 aliphatic carbocycles. The molecule has 0 bridgehead atoms. The number of nitro benzene ring substituents is 2. The van der Waals surface area contributed by atoms with Crippen LogP contribution in [-0.2, 0) is 0 Å². The summed E-state index contributed by atoms with van der Waals surface area (Å²) in [6.07, 6.45) is 1.77. The third-order valence-corrected chi connectivity index (χ3v) is 5.42. The third kappa shape index (κ3) is 3.67. The van der Waals surface area contributed by atoms with Crippen LogP contribution in [0.4, 0.5) is 17.1 Å². The van der Waals surface area contributed by atoms with Crippen molar-refractivity contribution < 1.29 is 9.85 Å². The molecule has 1 aliphatic heterocycles. The average molecular weight is 389 g/mol. The molecular weight excluding hydrogens is 370 g/mol. The molecule has 1 heterocycles. The van der Waals surface area contributed by atoms with E-state index in [1.54, 1.807) is 0 Å². The van der Waals surface area contributed by atoms with E-state index in [0.29, 0.717) is 0 Å². The molecule has 3 aromatic rings. The number of rotatable bonds is 5. The van der Waals surface area contributed by atoms with Gasteiger partial charge in [0, 0.05) is 30.0 Å². The number of hydrogen-bond donors (Lipinski definition) is 0. The summed E-state index contributed by atoms with van der Waals surface area (Å²) in [6, 6.07) is 23.6. The summed E-state index contributed by atoms with van der Waals surface area (Å²) in [4.78, 5) is 23.5. The van der Waals surface area contributed by atoms with Crippen LogP contribution in [0.1, 0.15) is 36.1 Å².